The largest absolute Gasteiger partial charge is 0.299 e. The van der Waals surface area contributed by atoms with Crippen LogP contribution in [-0.4, -0.2) is 58.6 Å². The first-order chi connectivity index (χ1) is 12.1. The molecule has 1 aromatic carbocycles. The number of hydrogen-bond donors (Lipinski definition) is 1. The van der Waals surface area contributed by atoms with Gasteiger partial charge < -0.3 is 0 Å². The third-order valence-electron chi connectivity index (χ3n) is 4.17. The molecule has 1 aliphatic rings. The number of rotatable bonds is 6. The first-order valence-electron chi connectivity index (χ1n) is 8.44. The monoisotopic (exact) mass is 379 g/mol. The Morgan fingerprint density at radius 1 is 1.16 bits per heavy atom. The molecule has 0 spiro atoms. The minimum atomic E-state index is -0.0232. The van der Waals surface area contributed by atoms with Crippen LogP contribution in [0.1, 0.15) is 17.5 Å². The summed E-state index contributed by atoms with van der Waals surface area (Å²) in [6.07, 6.45) is 0.836. The fourth-order valence-electron chi connectivity index (χ4n) is 2.76. The first kappa shape index (κ1) is 18.3. The maximum absolute atomic E-state index is 12.1. The van der Waals surface area contributed by atoms with Gasteiger partial charge in [-0.1, -0.05) is 42.0 Å². The lowest BCUT2D eigenvalue weighted by atomic mass is 10.2. The van der Waals surface area contributed by atoms with Crippen LogP contribution < -0.4 is 5.32 Å². The third kappa shape index (κ3) is 5.47. The van der Waals surface area contributed by atoms with Gasteiger partial charge >= 0.3 is 0 Å². The molecule has 0 atom stereocenters. The van der Waals surface area contributed by atoms with Crippen molar-refractivity contribution in [2.75, 3.05) is 38.0 Å². The highest BCUT2D eigenvalue weighted by Gasteiger charge is 2.19. The fourth-order valence-corrected chi connectivity index (χ4v) is 3.58. The molecule has 1 N–H and O–H groups in total. The molecule has 3 rings (SSSR count). The number of amides is 1. The molecule has 0 bridgehead atoms. The topological polar surface area (TPSA) is 61.4 Å². The average Bonchev–Trinajstić information content (AvgIpc) is 3.06. The number of nitrogens with zero attached hydrogens (tertiary/aromatic N) is 4. The van der Waals surface area contributed by atoms with Crippen molar-refractivity contribution in [2.45, 2.75) is 19.9 Å². The molecule has 25 heavy (non-hydrogen) atoms. The zero-order valence-electron chi connectivity index (χ0n) is 14.2. The van der Waals surface area contributed by atoms with Crippen molar-refractivity contribution < 1.29 is 4.79 Å². The van der Waals surface area contributed by atoms with Crippen molar-refractivity contribution in [3.8, 4) is 0 Å². The van der Waals surface area contributed by atoms with E-state index in [-0.39, 0.29) is 5.91 Å². The summed E-state index contributed by atoms with van der Waals surface area (Å²) in [4.78, 5) is 16.7. The number of nitrogens with one attached hydrogen (secondary N) is 1. The molecule has 1 fully saturated rings. The van der Waals surface area contributed by atoms with E-state index in [4.69, 9.17) is 11.6 Å². The molecule has 1 aromatic heterocycles. The summed E-state index contributed by atoms with van der Waals surface area (Å²) in [6, 6.07) is 7.98. The van der Waals surface area contributed by atoms with Crippen LogP contribution in [0.5, 0.6) is 0 Å². The Kier molecular flexibility index (Phi) is 6.36. The van der Waals surface area contributed by atoms with Gasteiger partial charge in [-0.3, -0.25) is 19.9 Å². The Bertz CT molecular complexity index is 697. The second-order valence-electron chi connectivity index (χ2n) is 6.08. The number of benzene rings is 1. The van der Waals surface area contributed by atoms with E-state index in [1.54, 1.807) is 0 Å². The van der Waals surface area contributed by atoms with Gasteiger partial charge in [0.25, 0.3) is 0 Å². The normalized spacial score (nSPS) is 16.1. The second-order valence-corrected chi connectivity index (χ2v) is 7.58. The minimum absolute atomic E-state index is 0.0232. The van der Waals surface area contributed by atoms with Gasteiger partial charge in [-0.05, 0) is 24.1 Å². The fraction of sp³-hybridized carbons (Fsp3) is 0.471. The van der Waals surface area contributed by atoms with Gasteiger partial charge in [0.15, 0.2) is 0 Å². The summed E-state index contributed by atoms with van der Waals surface area (Å²) < 4.78 is 0. The lowest BCUT2D eigenvalue weighted by Gasteiger charge is -2.34. The molecule has 2 heterocycles. The van der Waals surface area contributed by atoms with E-state index in [9.17, 15) is 4.79 Å². The quantitative estimate of drug-likeness (QED) is 0.835. The standard InChI is InChI=1S/C17H22ClN5OS/c1-2-16-20-21-17(25-16)19-15(24)12-23-9-7-22(8-10-23)11-13-3-5-14(18)6-4-13/h3-6H,2,7-12H2,1H3,(H,19,21,24). The number of halogens is 1. The van der Waals surface area contributed by atoms with E-state index in [1.807, 2.05) is 19.1 Å². The van der Waals surface area contributed by atoms with Crippen LogP contribution in [0.25, 0.3) is 0 Å². The predicted octanol–water partition coefficient (Wildman–Crippen LogP) is 2.51. The maximum Gasteiger partial charge on any atom is 0.240 e. The molecule has 1 saturated heterocycles. The van der Waals surface area contributed by atoms with Crippen LogP contribution in [0, 0.1) is 0 Å². The van der Waals surface area contributed by atoms with Crippen molar-refractivity contribution in [3.05, 3.63) is 39.9 Å². The van der Waals surface area contributed by atoms with Crippen LogP contribution in [0.15, 0.2) is 24.3 Å². The van der Waals surface area contributed by atoms with Gasteiger partial charge in [-0.2, -0.15) is 0 Å². The van der Waals surface area contributed by atoms with Crippen molar-refractivity contribution in [3.63, 3.8) is 0 Å². The summed E-state index contributed by atoms with van der Waals surface area (Å²) in [6.45, 7) is 7.02. The Labute approximate surface area is 156 Å². The lowest BCUT2D eigenvalue weighted by molar-refractivity contribution is -0.117. The number of hydrogen-bond acceptors (Lipinski definition) is 6. The van der Waals surface area contributed by atoms with Crippen LogP contribution in [0.2, 0.25) is 5.02 Å². The number of piperazine rings is 1. The smallest absolute Gasteiger partial charge is 0.240 e. The lowest BCUT2D eigenvalue weighted by Crippen LogP contribution is -2.48. The molecule has 2 aromatic rings. The van der Waals surface area contributed by atoms with E-state index in [2.05, 4.69) is 37.4 Å². The number of anilines is 1. The number of aromatic nitrogens is 2. The molecule has 1 amide bonds. The van der Waals surface area contributed by atoms with Crippen LogP contribution in [0.3, 0.4) is 0 Å². The molecule has 0 unspecified atom stereocenters. The number of carbonyl (C=O) groups excluding carboxylic acids is 1. The highest BCUT2D eigenvalue weighted by Crippen LogP contribution is 2.16. The van der Waals surface area contributed by atoms with Crippen molar-refractivity contribution >= 4 is 34.0 Å². The molecule has 6 nitrogen and oxygen atoms in total. The Morgan fingerprint density at radius 2 is 1.84 bits per heavy atom. The van der Waals surface area contributed by atoms with Crippen LogP contribution >= 0.6 is 22.9 Å². The van der Waals surface area contributed by atoms with Crippen LogP contribution in [-0.2, 0) is 17.8 Å². The van der Waals surface area contributed by atoms with Crippen molar-refractivity contribution in [1.29, 1.82) is 0 Å². The van der Waals surface area contributed by atoms with Gasteiger partial charge in [0.2, 0.25) is 11.0 Å². The molecule has 8 heteroatoms. The number of aryl methyl sites for hydroxylation is 1. The van der Waals surface area contributed by atoms with E-state index in [1.165, 1.54) is 16.9 Å². The summed E-state index contributed by atoms with van der Waals surface area (Å²) in [7, 11) is 0. The molecular formula is C17H22ClN5OS. The first-order valence-corrected chi connectivity index (χ1v) is 9.63. The second kappa shape index (κ2) is 8.71. The summed E-state index contributed by atoms with van der Waals surface area (Å²) >= 11 is 7.36. The molecular weight excluding hydrogens is 358 g/mol. The van der Waals surface area contributed by atoms with Gasteiger partial charge in [0.05, 0.1) is 6.54 Å². The predicted molar refractivity (Wildman–Crippen MR) is 101 cm³/mol. The SMILES string of the molecule is CCc1nnc(NC(=O)CN2CCN(Cc3ccc(Cl)cc3)CC2)s1. The molecule has 134 valence electrons. The maximum atomic E-state index is 12.1. The van der Waals surface area contributed by atoms with Gasteiger partial charge in [0, 0.05) is 37.7 Å². The average molecular weight is 380 g/mol. The summed E-state index contributed by atoms with van der Waals surface area (Å²) in [5.41, 5.74) is 1.26. The Balaban J connectivity index is 1.41. The van der Waals surface area contributed by atoms with Crippen molar-refractivity contribution in [2.24, 2.45) is 0 Å². The van der Waals surface area contributed by atoms with E-state index < -0.39 is 0 Å². The van der Waals surface area contributed by atoms with E-state index in [0.717, 1.165) is 49.2 Å². The molecule has 0 radical (unpaired) electrons. The van der Waals surface area contributed by atoms with Gasteiger partial charge in [-0.25, -0.2) is 0 Å². The molecule has 0 aliphatic carbocycles. The minimum Gasteiger partial charge on any atom is -0.299 e. The summed E-state index contributed by atoms with van der Waals surface area (Å²) in [5, 5.41) is 13.1. The molecule has 1 aliphatic heterocycles. The van der Waals surface area contributed by atoms with Crippen molar-refractivity contribution in [1.82, 2.24) is 20.0 Å². The molecule has 0 saturated carbocycles. The van der Waals surface area contributed by atoms with Crippen LogP contribution in [0.4, 0.5) is 5.13 Å². The Hall–Kier alpha value is -1.54. The van der Waals surface area contributed by atoms with Gasteiger partial charge in [-0.15, -0.1) is 10.2 Å². The third-order valence-corrected chi connectivity index (χ3v) is 5.40. The number of carbonyl (C=O) groups is 1. The van der Waals surface area contributed by atoms with Gasteiger partial charge in [0.1, 0.15) is 5.01 Å². The highest BCUT2D eigenvalue weighted by atomic mass is 35.5. The van der Waals surface area contributed by atoms with E-state index >= 15 is 0 Å². The summed E-state index contributed by atoms with van der Waals surface area (Å²) in [5.74, 6) is -0.0232. The zero-order valence-corrected chi connectivity index (χ0v) is 15.8. The Morgan fingerprint density at radius 3 is 2.48 bits per heavy atom. The zero-order chi connectivity index (χ0) is 17.6. The highest BCUT2D eigenvalue weighted by molar-refractivity contribution is 7.15. The van der Waals surface area contributed by atoms with E-state index in [0.29, 0.717) is 11.7 Å².